The fraction of sp³-hybridized carbons (Fsp3) is 0.174. The van der Waals surface area contributed by atoms with E-state index in [0.29, 0.717) is 44.6 Å². The van der Waals surface area contributed by atoms with Crippen molar-refractivity contribution >= 4 is 57.8 Å². The first-order chi connectivity index (χ1) is 15.4. The van der Waals surface area contributed by atoms with Gasteiger partial charge in [-0.1, -0.05) is 36.5 Å². The predicted molar refractivity (Wildman–Crippen MR) is 134 cm³/mol. The van der Waals surface area contributed by atoms with E-state index in [4.69, 9.17) is 40.2 Å². The van der Waals surface area contributed by atoms with Crippen LogP contribution in [0.3, 0.4) is 0 Å². The lowest BCUT2D eigenvalue weighted by molar-refractivity contribution is 0.0948. The van der Waals surface area contributed by atoms with Gasteiger partial charge in [0, 0.05) is 29.5 Å². The van der Waals surface area contributed by atoms with Gasteiger partial charge in [-0.2, -0.15) is 0 Å². The Balaban J connectivity index is 1.57. The van der Waals surface area contributed by atoms with Crippen LogP contribution >= 0.6 is 35.4 Å². The summed E-state index contributed by atoms with van der Waals surface area (Å²) in [7, 11) is 0. The zero-order chi connectivity index (χ0) is 22.9. The van der Waals surface area contributed by atoms with Crippen LogP contribution in [0.15, 0.2) is 60.8 Å². The molecule has 6 nitrogen and oxygen atoms in total. The van der Waals surface area contributed by atoms with Crippen LogP contribution in [0.2, 0.25) is 10.0 Å². The van der Waals surface area contributed by atoms with E-state index in [0.717, 1.165) is 18.5 Å². The number of anilines is 2. The Morgan fingerprint density at radius 2 is 1.81 bits per heavy atom. The minimum atomic E-state index is -0.217. The number of ether oxygens (including phenoxy) is 1. The van der Waals surface area contributed by atoms with Gasteiger partial charge in [0.2, 0.25) is 0 Å². The van der Waals surface area contributed by atoms with E-state index in [9.17, 15) is 4.79 Å². The molecule has 9 heteroatoms. The number of hydrogen-bond acceptors (Lipinski definition) is 4. The summed E-state index contributed by atoms with van der Waals surface area (Å²) in [4.78, 5) is 16.3. The minimum Gasteiger partial charge on any atom is -0.457 e. The highest BCUT2D eigenvalue weighted by atomic mass is 35.5. The molecule has 1 amide bonds. The molecule has 0 aliphatic heterocycles. The average Bonchev–Trinajstić information content (AvgIpc) is 2.77. The van der Waals surface area contributed by atoms with E-state index < -0.39 is 0 Å². The van der Waals surface area contributed by atoms with Crippen LogP contribution in [0.25, 0.3) is 0 Å². The number of carbonyl (C=O) groups is 1. The third-order valence-electron chi connectivity index (χ3n) is 4.31. The Labute approximate surface area is 202 Å². The number of aromatic nitrogens is 1. The van der Waals surface area contributed by atoms with Crippen LogP contribution in [-0.4, -0.2) is 22.5 Å². The van der Waals surface area contributed by atoms with Gasteiger partial charge in [-0.3, -0.25) is 9.78 Å². The summed E-state index contributed by atoms with van der Waals surface area (Å²) >= 11 is 17.4. The summed E-state index contributed by atoms with van der Waals surface area (Å²) in [5, 5.41) is 10.4. The maximum absolute atomic E-state index is 12.2. The van der Waals surface area contributed by atoms with Crippen LogP contribution in [0, 0.1) is 0 Å². The molecule has 0 fully saturated rings. The molecule has 3 N–H and O–H groups in total. The van der Waals surface area contributed by atoms with Crippen LogP contribution in [0.5, 0.6) is 11.5 Å². The molecule has 0 saturated carbocycles. The summed E-state index contributed by atoms with van der Waals surface area (Å²) < 4.78 is 5.85. The van der Waals surface area contributed by atoms with Gasteiger partial charge in [-0.25, -0.2) is 0 Å². The van der Waals surface area contributed by atoms with E-state index in [1.54, 1.807) is 48.7 Å². The zero-order valence-corrected chi connectivity index (χ0v) is 19.7. The van der Waals surface area contributed by atoms with Gasteiger partial charge in [0.05, 0.1) is 10.7 Å². The molecular formula is C23H22Cl2N4O2S. The molecule has 0 aliphatic carbocycles. The maximum Gasteiger partial charge on any atom is 0.270 e. The maximum atomic E-state index is 12.2. The Morgan fingerprint density at radius 1 is 1.03 bits per heavy atom. The van der Waals surface area contributed by atoms with E-state index in [1.807, 2.05) is 12.1 Å². The molecule has 32 heavy (non-hydrogen) atoms. The normalized spacial score (nSPS) is 10.3. The van der Waals surface area contributed by atoms with Gasteiger partial charge in [-0.05, 0) is 67.2 Å². The molecule has 3 aromatic rings. The Morgan fingerprint density at radius 3 is 2.53 bits per heavy atom. The monoisotopic (exact) mass is 488 g/mol. The second-order valence-corrected chi connectivity index (χ2v) is 8.07. The summed E-state index contributed by atoms with van der Waals surface area (Å²) in [6.07, 6.45) is 3.48. The van der Waals surface area contributed by atoms with E-state index >= 15 is 0 Å². The molecule has 0 bridgehead atoms. The van der Waals surface area contributed by atoms with Crippen molar-refractivity contribution in [1.82, 2.24) is 10.3 Å². The van der Waals surface area contributed by atoms with E-state index in [1.165, 1.54) is 0 Å². The molecule has 0 radical (unpaired) electrons. The van der Waals surface area contributed by atoms with Gasteiger partial charge in [0.1, 0.15) is 17.2 Å². The number of pyridine rings is 1. The zero-order valence-electron chi connectivity index (χ0n) is 17.3. The molecule has 1 heterocycles. The third-order valence-corrected chi connectivity index (χ3v) is 5.06. The SMILES string of the molecule is CCCCNC(=O)c1cc(Oc2ccc(NC(=S)Nc3ccc(Cl)cc3Cl)cc2)ccn1. The largest absolute Gasteiger partial charge is 0.457 e. The summed E-state index contributed by atoms with van der Waals surface area (Å²) in [5.74, 6) is 0.917. The smallest absolute Gasteiger partial charge is 0.270 e. The number of nitrogens with zero attached hydrogens (tertiary/aromatic N) is 1. The summed E-state index contributed by atoms with van der Waals surface area (Å²) in [6, 6.07) is 15.7. The van der Waals surface area contributed by atoms with Crippen molar-refractivity contribution in [2.45, 2.75) is 19.8 Å². The summed E-state index contributed by atoms with van der Waals surface area (Å²) in [6.45, 7) is 2.69. The van der Waals surface area contributed by atoms with Crippen molar-refractivity contribution in [2.24, 2.45) is 0 Å². The quantitative estimate of drug-likeness (QED) is 0.247. The molecule has 0 spiro atoms. The van der Waals surface area contributed by atoms with E-state index in [-0.39, 0.29) is 5.91 Å². The molecular weight excluding hydrogens is 467 g/mol. The number of unbranched alkanes of at least 4 members (excludes halogenated alkanes) is 1. The fourth-order valence-electron chi connectivity index (χ4n) is 2.69. The van der Waals surface area contributed by atoms with Crippen molar-refractivity contribution in [2.75, 3.05) is 17.2 Å². The van der Waals surface area contributed by atoms with Gasteiger partial charge in [0.25, 0.3) is 5.91 Å². The average molecular weight is 489 g/mol. The summed E-state index contributed by atoms with van der Waals surface area (Å²) in [5.41, 5.74) is 1.74. The number of nitrogens with one attached hydrogen (secondary N) is 3. The number of benzene rings is 2. The van der Waals surface area contributed by atoms with Crippen molar-refractivity contribution in [3.8, 4) is 11.5 Å². The van der Waals surface area contributed by atoms with Crippen molar-refractivity contribution in [3.05, 3.63) is 76.5 Å². The molecule has 0 unspecified atom stereocenters. The Kier molecular flexibility index (Phi) is 8.67. The first-order valence-corrected chi connectivity index (χ1v) is 11.2. The Hall–Kier alpha value is -2.87. The van der Waals surface area contributed by atoms with Gasteiger partial charge < -0.3 is 20.7 Å². The second-order valence-electron chi connectivity index (χ2n) is 6.82. The van der Waals surface area contributed by atoms with E-state index in [2.05, 4.69) is 27.9 Å². The second kappa shape index (κ2) is 11.7. The minimum absolute atomic E-state index is 0.217. The van der Waals surface area contributed by atoms with Crippen molar-refractivity contribution < 1.29 is 9.53 Å². The Bertz CT molecular complexity index is 1090. The van der Waals surface area contributed by atoms with Gasteiger partial charge in [-0.15, -0.1) is 0 Å². The first-order valence-electron chi connectivity index (χ1n) is 10.00. The topological polar surface area (TPSA) is 75.3 Å². The molecule has 0 saturated heterocycles. The highest BCUT2D eigenvalue weighted by Gasteiger charge is 2.09. The number of amides is 1. The first kappa shape index (κ1) is 23.8. The highest BCUT2D eigenvalue weighted by Crippen LogP contribution is 2.26. The molecule has 0 aliphatic rings. The molecule has 3 rings (SSSR count). The lowest BCUT2D eigenvalue weighted by Gasteiger charge is -2.13. The van der Waals surface area contributed by atoms with Crippen LogP contribution in [-0.2, 0) is 0 Å². The number of rotatable bonds is 8. The standard InChI is InChI=1S/C23H22Cl2N4O2S/c1-2-3-11-27-22(30)21-14-18(10-12-26-21)31-17-7-5-16(6-8-17)28-23(32)29-20-9-4-15(24)13-19(20)25/h4-10,12-14H,2-3,11H2,1H3,(H,27,30)(H2,28,29,32). The number of hydrogen-bond donors (Lipinski definition) is 3. The fourth-order valence-corrected chi connectivity index (χ4v) is 3.37. The van der Waals surface area contributed by atoms with Crippen molar-refractivity contribution in [1.29, 1.82) is 0 Å². The van der Waals surface area contributed by atoms with Gasteiger partial charge in [0.15, 0.2) is 5.11 Å². The molecule has 2 aromatic carbocycles. The number of thiocarbonyl (C=S) groups is 1. The molecule has 1 aromatic heterocycles. The third kappa shape index (κ3) is 7.09. The lowest BCUT2D eigenvalue weighted by atomic mass is 10.3. The molecule has 0 atom stereocenters. The number of halogens is 2. The van der Waals surface area contributed by atoms with Crippen molar-refractivity contribution in [3.63, 3.8) is 0 Å². The number of carbonyl (C=O) groups excluding carboxylic acids is 1. The lowest BCUT2D eigenvalue weighted by Crippen LogP contribution is -2.25. The van der Waals surface area contributed by atoms with Crippen LogP contribution in [0.4, 0.5) is 11.4 Å². The van der Waals surface area contributed by atoms with Gasteiger partial charge >= 0.3 is 0 Å². The highest BCUT2D eigenvalue weighted by molar-refractivity contribution is 7.80. The predicted octanol–water partition coefficient (Wildman–Crippen LogP) is 6.52. The molecule has 166 valence electrons. The van der Waals surface area contributed by atoms with Crippen LogP contribution in [0.1, 0.15) is 30.3 Å². The van der Waals surface area contributed by atoms with Crippen LogP contribution < -0.4 is 20.7 Å².